The fourth-order valence-corrected chi connectivity index (χ4v) is 3.53. The average molecular weight is 353 g/mol. The molecule has 0 spiro atoms. The summed E-state index contributed by atoms with van der Waals surface area (Å²) in [5.41, 5.74) is 3.00. The Balaban J connectivity index is 1.53. The number of piperidine rings is 1. The van der Waals surface area contributed by atoms with Gasteiger partial charge in [0.2, 0.25) is 0 Å². The van der Waals surface area contributed by atoms with Gasteiger partial charge < -0.3 is 14.7 Å². The van der Waals surface area contributed by atoms with E-state index in [9.17, 15) is 9.90 Å². The van der Waals surface area contributed by atoms with Crippen LogP contribution in [-0.4, -0.2) is 36.1 Å². The number of likely N-dealkylation sites (tertiary alicyclic amines) is 1. The molecule has 1 saturated heterocycles. The lowest BCUT2D eigenvalue weighted by Gasteiger charge is -2.32. The van der Waals surface area contributed by atoms with Crippen LogP contribution < -0.4 is 4.74 Å². The number of rotatable bonds is 5. The van der Waals surface area contributed by atoms with Crippen molar-refractivity contribution in [1.29, 1.82) is 0 Å². The summed E-state index contributed by atoms with van der Waals surface area (Å²) < 4.78 is 5.16. The first-order valence-corrected chi connectivity index (χ1v) is 9.28. The molecule has 0 unspecified atom stereocenters. The van der Waals surface area contributed by atoms with Crippen LogP contribution in [-0.2, 0) is 6.42 Å². The molecular weight excluding hydrogens is 326 g/mol. The summed E-state index contributed by atoms with van der Waals surface area (Å²) in [5.74, 6) is 1.13. The van der Waals surface area contributed by atoms with Crippen LogP contribution in [0.3, 0.4) is 0 Å². The van der Waals surface area contributed by atoms with E-state index < -0.39 is 0 Å². The lowest BCUT2D eigenvalue weighted by atomic mass is 9.90. The van der Waals surface area contributed by atoms with Crippen LogP contribution in [0.2, 0.25) is 0 Å². The average Bonchev–Trinajstić information content (AvgIpc) is 2.68. The normalized spacial score (nSPS) is 15.1. The number of phenols is 1. The van der Waals surface area contributed by atoms with Crippen LogP contribution in [0, 0.1) is 12.8 Å². The highest BCUT2D eigenvalue weighted by Gasteiger charge is 2.25. The van der Waals surface area contributed by atoms with E-state index in [2.05, 4.69) is 31.2 Å². The molecule has 1 fully saturated rings. The molecule has 3 rings (SSSR count). The third kappa shape index (κ3) is 4.37. The quantitative estimate of drug-likeness (QED) is 0.877. The molecule has 0 atom stereocenters. The summed E-state index contributed by atoms with van der Waals surface area (Å²) in [6, 6.07) is 13.5. The number of ether oxygens (including phenoxy) is 1. The Labute approximate surface area is 155 Å². The first-order chi connectivity index (χ1) is 12.6. The number of methoxy groups -OCH3 is 1. The van der Waals surface area contributed by atoms with Crippen molar-refractivity contribution in [2.45, 2.75) is 32.6 Å². The zero-order valence-electron chi connectivity index (χ0n) is 15.6. The Bertz CT molecular complexity index is 746. The highest BCUT2D eigenvalue weighted by atomic mass is 16.5. The van der Waals surface area contributed by atoms with Gasteiger partial charge in [0.05, 0.1) is 12.7 Å². The number of nitrogens with zero attached hydrogens (tertiary/aromatic N) is 1. The van der Waals surface area contributed by atoms with Gasteiger partial charge in [0.15, 0.2) is 0 Å². The van der Waals surface area contributed by atoms with E-state index in [-0.39, 0.29) is 11.7 Å². The molecular formula is C22H27NO3. The Kier molecular flexibility index (Phi) is 5.82. The first kappa shape index (κ1) is 18.3. The summed E-state index contributed by atoms with van der Waals surface area (Å²) in [4.78, 5) is 14.6. The predicted octanol–water partition coefficient (Wildman–Crippen LogP) is 4.19. The van der Waals surface area contributed by atoms with Crippen molar-refractivity contribution >= 4 is 5.91 Å². The predicted molar refractivity (Wildman–Crippen MR) is 103 cm³/mol. The van der Waals surface area contributed by atoms with E-state index in [0.29, 0.717) is 17.2 Å². The molecule has 1 aliphatic heterocycles. The maximum atomic E-state index is 12.7. The second-order valence-electron chi connectivity index (χ2n) is 7.14. The minimum atomic E-state index is -0.113. The van der Waals surface area contributed by atoms with Gasteiger partial charge in [0.25, 0.3) is 5.91 Å². The number of aryl methyl sites for hydroxylation is 2. The topological polar surface area (TPSA) is 49.8 Å². The standard InChI is InChI=1S/C22H27NO3/c1-16-3-5-17(6-4-16)7-8-18-11-13-23(14-12-18)22(25)20-15-19(26-2)9-10-21(20)24/h3-6,9-10,15,18,24H,7-8,11-14H2,1-2H3. The minimum Gasteiger partial charge on any atom is -0.507 e. The number of aromatic hydroxyl groups is 1. The highest BCUT2D eigenvalue weighted by molar-refractivity contribution is 5.97. The molecule has 2 aromatic rings. The van der Waals surface area contributed by atoms with Gasteiger partial charge in [-0.1, -0.05) is 29.8 Å². The van der Waals surface area contributed by atoms with E-state index in [4.69, 9.17) is 4.74 Å². The van der Waals surface area contributed by atoms with Gasteiger partial charge >= 0.3 is 0 Å². The number of hydrogen-bond acceptors (Lipinski definition) is 3. The van der Waals surface area contributed by atoms with Gasteiger partial charge in [-0.3, -0.25) is 4.79 Å². The molecule has 26 heavy (non-hydrogen) atoms. The molecule has 0 aliphatic carbocycles. The Hall–Kier alpha value is -2.49. The van der Waals surface area contributed by atoms with Crippen molar-refractivity contribution in [1.82, 2.24) is 4.90 Å². The molecule has 1 aliphatic rings. The SMILES string of the molecule is COc1ccc(O)c(C(=O)N2CCC(CCc3ccc(C)cc3)CC2)c1. The van der Waals surface area contributed by atoms with Crippen LogP contribution in [0.15, 0.2) is 42.5 Å². The number of amides is 1. The van der Waals surface area contributed by atoms with Crippen LogP contribution in [0.25, 0.3) is 0 Å². The van der Waals surface area contributed by atoms with Crippen LogP contribution in [0.1, 0.15) is 40.7 Å². The summed E-state index contributed by atoms with van der Waals surface area (Å²) in [7, 11) is 1.56. The van der Waals surface area contributed by atoms with Crippen molar-refractivity contribution < 1.29 is 14.6 Å². The second kappa shape index (κ2) is 8.26. The van der Waals surface area contributed by atoms with E-state index >= 15 is 0 Å². The van der Waals surface area contributed by atoms with Gasteiger partial charge in [-0.2, -0.15) is 0 Å². The molecule has 2 aromatic carbocycles. The fourth-order valence-electron chi connectivity index (χ4n) is 3.53. The van der Waals surface area contributed by atoms with Gasteiger partial charge in [0, 0.05) is 13.1 Å². The van der Waals surface area contributed by atoms with E-state index in [0.717, 1.165) is 38.8 Å². The van der Waals surface area contributed by atoms with E-state index in [1.54, 1.807) is 19.2 Å². The van der Waals surface area contributed by atoms with Gasteiger partial charge in [-0.05, 0) is 62.3 Å². The monoisotopic (exact) mass is 353 g/mol. The number of hydrogen-bond donors (Lipinski definition) is 1. The fraction of sp³-hybridized carbons (Fsp3) is 0.409. The Morgan fingerprint density at radius 1 is 1.15 bits per heavy atom. The third-order valence-corrected chi connectivity index (χ3v) is 5.30. The molecule has 0 bridgehead atoms. The van der Waals surface area contributed by atoms with Crippen molar-refractivity contribution in [3.8, 4) is 11.5 Å². The summed E-state index contributed by atoms with van der Waals surface area (Å²) in [6.45, 7) is 3.60. The van der Waals surface area contributed by atoms with E-state index in [1.165, 1.54) is 17.2 Å². The number of carbonyl (C=O) groups excluding carboxylic acids is 1. The maximum absolute atomic E-state index is 12.7. The molecule has 0 saturated carbocycles. The largest absolute Gasteiger partial charge is 0.507 e. The summed E-state index contributed by atoms with van der Waals surface area (Å²) >= 11 is 0. The Morgan fingerprint density at radius 3 is 2.50 bits per heavy atom. The van der Waals surface area contributed by atoms with Gasteiger partial charge in [-0.15, -0.1) is 0 Å². The van der Waals surface area contributed by atoms with Crippen molar-refractivity contribution in [3.05, 3.63) is 59.2 Å². The molecule has 4 nitrogen and oxygen atoms in total. The number of phenolic OH excluding ortho intramolecular Hbond substituents is 1. The van der Waals surface area contributed by atoms with Crippen molar-refractivity contribution in [2.75, 3.05) is 20.2 Å². The molecule has 1 N–H and O–H groups in total. The number of benzene rings is 2. The molecule has 0 radical (unpaired) electrons. The van der Waals surface area contributed by atoms with Crippen LogP contribution in [0.5, 0.6) is 11.5 Å². The lowest BCUT2D eigenvalue weighted by molar-refractivity contribution is 0.0683. The molecule has 1 amide bonds. The molecule has 1 heterocycles. The molecule has 4 heteroatoms. The Morgan fingerprint density at radius 2 is 1.85 bits per heavy atom. The van der Waals surface area contributed by atoms with Crippen molar-refractivity contribution in [2.24, 2.45) is 5.92 Å². The number of carbonyl (C=O) groups is 1. The third-order valence-electron chi connectivity index (χ3n) is 5.30. The lowest BCUT2D eigenvalue weighted by Crippen LogP contribution is -2.38. The summed E-state index contributed by atoms with van der Waals surface area (Å²) in [5, 5.41) is 10.0. The highest BCUT2D eigenvalue weighted by Crippen LogP contribution is 2.28. The second-order valence-corrected chi connectivity index (χ2v) is 7.14. The smallest absolute Gasteiger partial charge is 0.257 e. The maximum Gasteiger partial charge on any atom is 0.257 e. The van der Waals surface area contributed by atoms with Gasteiger partial charge in [0.1, 0.15) is 11.5 Å². The minimum absolute atomic E-state index is 0.0114. The summed E-state index contributed by atoms with van der Waals surface area (Å²) in [6.07, 6.45) is 4.29. The molecule has 0 aromatic heterocycles. The van der Waals surface area contributed by atoms with Gasteiger partial charge in [-0.25, -0.2) is 0 Å². The zero-order chi connectivity index (χ0) is 18.5. The van der Waals surface area contributed by atoms with Crippen LogP contribution in [0.4, 0.5) is 0 Å². The zero-order valence-corrected chi connectivity index (χ0v) is 15.6. The first-order valence-electron chi connectivity index (χ1n) is 9.28. The van der Waals surface area contributed by atoms with E-state index in [1.807, 2.05) is 4.90 Å². The molecule has 138 valence electrons. The van der Waals surface area contributed by atoms with Crippen molar-refractivity contribution in [3.63, 3.8) is 0 Å². The van der Waals surface area contributed by atoms with Crippen LogP contribution >= 0.6 is 0 Å².